The molecule has 8 heteroatoms. The third kappa shape index (κ3) is 5.91. The summed E-state index contributed by atoms with van der Waals surface area (Å²) in [6, 6.07) is 7.95. The van der Waals surface area contributed by atoms with Gasteiger partial charge in [-0.2, -0.15) is 0 Å². The van der Waals surface area contributed by atoms with Crippen LogP contribution in [0.1, 0.15) is 18.5 Å². The van der Waals surface area contributed by atoms with Crippen molar-refractivity contribution >= 4 is 23.4 Å². The lowest BCUT2D eigenvalue weighted by atomic mass is 10.1. The van der Waals surface area contributed by atoms with Crippen LogP contribution in [-0.4, -0.2) is 87.2 Å². The highest BCUT2D eigenvalue weighted by molar-refractivity contribution is 6.30. The summed E-state index contributed by atoms with van der Waals surface area (Å²) in [5.41, 5.74) is 1.12. The maximum atomic E-state index is 12.5. The molecule has 0 aromatic heterocycles. The van der Waals surface area contributed by atoms with Gasteiger partial charge in [-0.05, 0) is 19.1 Å². The number of carbonyl (C=O) groups is 2. The summed E-state index contributed by atoms with van der Waals surface area (Å²) in [6.45, 7) is 8.74. The van der Waals surface area contributed by atoms with Gasteiger partial charge in [0.1, 0.15) is 6.04 Å². The van der Waals surface area contributed by atoms with Crippen molar-refractivity contribution in [2.24, 2.45) is 0 Å². The number of carbonyl (C=O) groups excluding carboxylic acids is 2. The van der Waals surface area contributed by atoms with E-state index in [-0.39, 0.29) is 17.9 Å². The smallest absolute Gasteiger partial charge is 0.278 e. The van der Waals surface area contributed by atoms with Gasteiger partial charge in [-0.3, -0.25) is 9.59 Å². The molecule has 2 saturated heterocycles. The number of hydrogen-bond donors (Lipinski definition) is 2. The number of morpholine rings is 1. The summed E-state index contributed by atoms with van der Waals surface area (Å²) < 4.78 is 5.30. The van der Waals surface area contributed by atoms with Crippen LogP contribution in [-0.2, 0) is 14.3 Å². The first kappa shape index (κ1) is 21.0. The van der Waals surface area contributed by atoms with Crippen LogP contribution >= 0.6 is 11.6 Å². The number of hydrogen-bond acceptors (Lipinski definition) is 3. The number of piperazine rings is 1. The van der Waals surface area contributed by atoms with E-state index in [1.807, 2.05) is 34.1 Å². The molecule has 0 spiro atoms. The second-order valence-corrected chi connectivity index (χ2v) is 8.02. The molecular weight excluding hydrogens is 380 g/mol. The van der Waals surface area contributed by atoms with Crippen LogP contribution in [0.5, 0.6) is 0 Å². The lowest BCUT2D eigenvalue weighted by molar-refractivity contribution is -0.896. The topological polar surface area (TPSA) is 70.9 Å². The second kappa shape index (κ2) is 10.2. The zero-order chi connectivity index (χ0) is 19.9. The van der Waals surface area contributed by atoms with Gasteiger partial charge in [-0.1, -0.05) is 23.7 Å². The first-order valence-electron chi connectivity index (χ1n) is 10.1. The van der Waals surface area contributed by atoms with E-state index >= 15 is 0 Å². The van der Waals surface area contributed by atoms with E-state index < -0.39 is 0 Å². The Morgan fingerprint density at radius 1 is 1.14 bits per heavy atom. The number of nitrogens with two attached hydrogens (primary N) is 1. The van der Waals surface area contributed by atoms with Crippen molar-refractivity contribution in [2.45, 2.75) is 13.0 Å². The molecular formula is C20H31ClN4O3+2. The SMILES string of the molecule is C[C@@H]([NH2+]CC(=O)N1CC[NH+](CC(=O)N2CCOCC2)CC1)c1cccc(Cl)c1. The molecule has 2 heterocycles. The standard InChI is InChI=1S/C20H29ClN4O3/c1-16(17-3-2-4-18(21)13-17)22-14-19(26)24-7-5-23(6-8-24)15-20(27)25-9-11-28-12-10-25/h2-4,13,16,22H,5-12,14-15H2,1H3/p+2/t16-/m1/s1. The lowest BCUT2D eigenvalue weighted by Gasteiger charge is -2.33. The fourth-order valence-corrected chi connectivity index (χ4v) is 3.92. The Morgan fingerprint density at radius 2 is 1.82 bits per heavy atom. The number of rotatable bonds is 6. The van der Waals surface area contributed by atoms with Gasteiger partial charge < -0.3 is 24.8 Å². The van der Waals surface area contributed by atoms with Crippen LogP contribution < -0.4 is 10.2 Å². The average molecular weight is 411 g/mol. The summed E-state index contributed by atoms with van der Waals surface area (Å²) in [4.78, 5) is 30.0. The molecule has 1 atom stereocenters. The molecule has 1 aromatic rings. The molecule has 7 nitrogen and oxygen atoms in total. The zero-order valence-electron chi connectivity index (χ0n) is 16.5. The summed E-state index contributed by atoms with van der Waals surface area (Å²) in [7, 11) is 0. The van der Waals surface area contributed by atoms with E-state index in [1.165, 1.54) is 4.90 Å². The van der Waals surface area contributed by atoms with E-state index in [4.69, 9.17) is 16.3 Å². The zero-order valence-corrected chi connectivity index (χ0v) is 17.3. The lowest BCUT2D eigenvalue weighted by Crippen LogP contribution is -3.16. The van der Waals surface area contributed by atoms with Crippen molar-refractivity contribution in [1.82, 2.24) is 9.80 Å². The van der Waals surface area contributed by atoms with Crippen molar-refractivity contribution in [3.8, 4) is 0 Å². The minimum atomic E-state index is 0.160. The number of ether oxygens (including phenoxy) is 1. The van der Waals surface area contributed by atoms with Crippen LogP contribution in [0, 0.1) is 0 Å². The van der Waals surface area contributed by atoms with E-state index in [9.17, 15) is 9.59 Å². The monoisotopic (exact) mass is 410 g/mol. The molecule has 2 aliphatic heterocycles. The summed E-state index contributed by atoms with van der Waals surface area (Å²) in [6.07, 6.45) is 0. The van der Waals surface area contributed by atoms with Crippen molar-refractivity contribution in [2.75, 3.05) is 65.6 Å². The highest BCUT2D eigenvalue weighted by atomic mass is 35.5. The minimum absolute atomic E-state index is 0.160. The molecule has 0 unspecified atom stereocenters. The normalized spacial score (nSPS) is 19.5. The van der Waals surface area contributed by atoms with Gasteiger partial charge in [0.2, 0.25) is 0 Å². The molecule has 0 bridgehead atoms. The van der Waals surface area contributed by atoms with Gasteiger partial charge in [0, 0.05) is 23.7 Å². The van der Waals surface area contributed by atoms with Crippen molar-refractivity contribution in [3.05, 3.63) is 34.9 Å². The quantitative estimate of drug-likeness (QED) is 0.603. The van der Waals surface area contributed by atoms with Gasteiger partial charge >= 0.3 is 0 Å². The van der Waals surface area contributed by atoms with Crippen LogP contribution in [0.2, 0.25) is 5.02 Å². The number of halogens is 1. The first-order valence-corrected chi connectivity index (χ1v) is 10.5. The van der Waals surface area contributed by atoms with Gasteiger partial charge in [-0.25, -0.2) is 0 Å². The third-order valence-electron chi connectivity index (χ3n) is 5.61. The van der Waals surface area contributed by atoms with Crippen LogP contribution in [0.15, 0.2) is 24.3 Å². The van der Waals surface area contributed by atoms with E-state index in [2.05, 4.69) is 12.2 Å². The molecule has 2 aliphatic rings. The maximum absolute atomic E-state index is 12.5. The Morgan fingerprint density at radius 3 is 2.50 bits per heavy atom. The highest BCUT2D eigenvalue weighted by Gasteiger charge is 2.28. The molecule has 2 fully saturated rings. The number of benzene rings is 1. The molecule has 1 aromatic carbocycles. The maximum Gasteiger partial charge on any atom is 0.278 e. The number of amides is 2. The molecule has 0 aliphatic carbocycles. The predicted octanol–water partition coefficient (Wildman–Crippen LogP) is -1.45. The summed E-state index contributed by atoms with van der Waals surface area (Å²) >= 11 is 6.05. The van der Waals surface area contributed by atoms with Gasteiger partial charge in [0.15, 0.2) is 13.1 Å². The second-order valence-electron chi connectivity index (χ2n) is 7.58. The van der Waals surface area contributed by atoms with Gasteiger partial charge in [-0.15, -0.1) is 0 Å². The Hall–Kier alpha value is -1.67. The molecule has 2 amide bonds. The summed E-state index contributed by atoms with van der Waals surface area (Å²) in [5, 5.41) is 2.77. The van der Waals surface area contributed by atoms with E-state index in [1.54, 1.807) is 0 Å². The van der Waals surface area contributed by atoms with Gasteiger partial charge in [0.05, 0.1) is 39.4 Å². The van der Waals surface area contributed by atoms with E-state index in [0.29, 0.717) is 52.5 Å². The van der Waals surface area contributed by atoms with Gasteiger partial charge in [0.25, 0.3) is 11.8 Å². The Bertz CT molecular complexity index is 673. The molecule has 0 saturated carbocycles. The van der Waals surface area contributed by atoms with Crippen LogP contribution in [0.25, 0.3) is 0 Å². The Kier molecular flexibility index (Phi) is 7.67. The molecule has 0 radical (unpaired) electrons. The summed E-state index contributed by atoms with van der Waals surface area (Å²) in [5.74, 6) is 0.356. The average Bonchev–Trinajstić information content (AvgIpc) is 2.73. The number of quaternary nitrogens is 2. The molecule has 154 valence electrons. The minimum Gasteiger partial charge on any atom is -0.378 e. The fourth-order valence-electron chi connectivity index (χ4n) is 3.72. The molecule has 28 heavy (non-hydrogen) atoms. The molecule has 3 rings (SSSR count). The largest absolute Gasteiger partial charge is 0.378 e. The Labute approximate surface area is 171 Å². The van der Waals surface area contributed by atoms with Crippen molar-refractivity contribution in [1.29, 1.82) is 0 Å². The Balaban J connectivity index is 1.38. The van der Waals surface area contributed by atoms with Crippen molar-refractivity contribution in [3.63, 3.8) is 0 Å². The third-order valence-corrected chi connectivity index (χ3v) is 5.84. The van der Waals surface area contributed by atoms with E-state index in [0.717, 1.165) is 23.7 Å². The highest BCUT2D eigenvalue weighted by Crippen LogP contribution is 2.14. The number of nitrogens with zero attached hydrogens (tertiary/aromatic N) is 2. The van der Waals surface area contributed by atoms with Crippen LogP contribution in [0.4, 0.5) is 0 Å². The first-order chi connectivity index (χ1) is 13.5. The van der Waals surface area contributed by atoms with Crippen LogP contribution in [0.3, 0.4) is 0 Å². The van der Waals surface area contributed by atoms with Crippen molar-refractivity contribution < 1.29 is 24.5 Å². The number of nitrogens with one attached hydrogen (secondary N) is 1. The fraction of sp³-hybridized carbons (Fsp3) is 0.600. The molecule has 3 N–H and O–H groups in total. The predicted molar refractivity (Wildman–Crippen MR) is 106 cm³/mol.